The van der Waals surface area contributed by atoms with Gasteiger partial charge in [0.1, 0.15) is 0 Å². The van der Waals surface area contributed by atoms with Crippen molar-refractivity contribution in [1.29, 1.82) is 0 Å². The summed E-state index contributed by atoms with van der Waals surface area (Å²) in [6.45, 7) is 1.02. The molecule has 1 saturated carbocycles. The highest BCUT2D eigenvalue weighted by molar-refractivity contribution is 8.08. The maximum Gasteiger partial charge on any atom is 0.0900 e. The summed E-state index contributed by atoms with van der Waals surface area (Å²) >= 11 is 6.57. The molecule has 4 unspecified atom stereocenters. The van der Waals surface area contributed by atoms with Gasteiger partial charge in [-0.3, -0.25) is 0 Å². The number of hydrogen-bond donors (Lipinski definition) is 0. The number of ether oxygens (including phenoxy) is 1. The van der Waals surface area contributed by atoms with Crippen LogP contribution in [0.4, 0.5) is 0 Å². The lowest BCUT2D eigenvalue weighted by molar-refractivity contribution is 0.425. The standard InChI is InChI=1S/C12H20OS3/c1-2-10(14-6-9-5-13-9)4-11(3-1)15-7-12-8-16-12/h9-12H,1-8H2. The van der Waals surface area contributed by atoms with E-state index in [0.717, 1.165) is 22.4 Å². The predicted octanol–water partition coefficient (Wildman–Crippen LogP) is 3.28. The summed E-state index contributed by atoms with van der Waals surface area (Å²) < 4.78 is 5.28. The van der Waals surface area contributed by atoms with Gasteiger partial charge in [-0.2, -0.15) is 35.3 Å². The highest BCUT2D eigenvalue weighted by Gasteiger charge is 2.29. The van der Waals surface area contributed by atoms with Crippen LogP contribution in [0.1, 0.15) is 25.7 Å². The van der Waals surface area contributed by atoms with Crippen LogP contribution in [0.5, 0.6) is 0 Å². The van der Waals surface area contributed by atoms with Crippen LogP contribution in [-0.4, -0.2) is 45.7 Å². The topological polar surface area (TPSA) is 12.5 Å². The summed E-state index contributed by atoms with van der Waals surface area (Å²) in [4.78, 5) is 0. The molecule has 0 bridgehead atoms. The Labute approximate surface area is 111 Å². The molecule has 2 aliphatic heterocycles. The maximum atomic E-state index is 5.28. The summed E-state index contributed by atoms with van der Waals surface area (Å²) in [5, 5.41) is 2.91. The lowest BCUT2D eigenvalue weighted by Gasteiger charge is -2.28. The minimum Gasteiger partial charge on any atom is -0.372 e. The molecular weight excluding hydrogens is 256 g/mol. The molecule has 0 N–H and O–H groups in total. The first-order valence-corrected chi connectivity index (χ1v) is 9.51. The molecule has 0 spiro atoms. The number of epoxide rings is 1. The minimum atomic E-state index is 0.612. The Morgan fingerprint density at radius 2 is 1.81 bits per heavy atom. The van der Waals surface area contributed by atoms with Crippen molar-refractivity contribution in [2.24, 2.45) is 0 Å². The lowest BCUT2D eigenvalue weighted by Crippen LogP contribution is -2.21. The van der Waals surface area contributed by atoms with E-state index in [0.29, 0.717) is 6.10 Å². The van der Waals surface area contributed by atoms with Crippen LogP contribution >= 0.6 is 35.3 Å². The fourth-order valence-corrected chi connectivity index (χ4v) is 6.05. The van der Waals surface area contributed by atoms with E-state index >= 15 is 0 Å². The molecule has 1 nitrogen and oxygen atoms in total. The molecule has 0 radical (unpaired) electrons. The highest BCUT2D eigenvalue weighted by atomic mass is 32.2. The first-order valence-electron chi connectivity index (χ1n) is 6.36. The molecule has 0 aromatic rings. The molecule has 2 heterocycles. The molecule has 16 heavy (non-hydrogen) atoms. The van der Waals surface area contributed by atoms with E-state index in [1.54, 1.807) is 0 Å². The Bertz CT molecular complexity index is 206. The van der Waals surface area contributed by atoms with Gasteiger partial charge in [0.25, 0.3) is 0 Å². The van der Waals surface area contributed by atoms with Crippen molar-refractivity contribution in [2.75, 3.05) is 23.9 Å². The van der Waals surface area contributed by atoms with E-state index in [2.05, 4.69) is 35.3 Å². The quantitative estimate of drug-likeness (QED) is 0.690. The number of hydrogen-bond acceptors (Lipinski definition) is 4. The van der Waals surface area contributed by atoms with Crippen molar-refractivity contribution in [3.8, 4) is 0 Å². The molecule has 3 fully saturated rings. The molecule has 3 rings (SSSR count). The fraction of sp³-hybridized carbons (Fsp3) is 1.00. The number of thioether (sulfide) groups is 3. The Kier molecular flexibility index (Phi) is 4.35. The van der Waals surface area contributed by atoms with Crippen LogP contribution in [-0.2, 0) is 4.74 Å². The lowest BCUT2D eigenvalue weighted by atomic mass is 10.00. The second kappa shape index (κ2) is 5.77. The molecule has 92 valence electrons. The SMILES string of the molecule is C1CC(SCC2CO2)CC(SCC2CS2)C1. The van der Waals surface area contributed by atoms with Crippen LogP contribution in [0.25, 0.3) is 0 Å². The van der Waals surface area contributed by atoms with Gasteiger partial charge in [-0.25, -0.2) is 0 Å². The minimum absolute atomic E-state index is 0.612. The van der Waals surface area contributed by atoms with E-state index in [-0.39, 0.29) is 0 Å². The zero-order valence-electron chi connectivity index (χ0n) is 9.60. The van der Waals surface area contributed by atoms with Crippen LogP contribution in [0.2, 0.25) is 0 Å². The first-order chi connectivity index (χ1) is 7.90. The smallest absolute Gasteiger partial charge is 0.0900 e. The van der Waals surface area contributed by atoms with Gasteiger partial charge in [0.05, 0.1) is 12.7 Å². The van der Waals surface area contributed by atoms with E-state index < -0.39 is 0 Å². The summed E-state index contributed by atoms with van der Waals surface area (Å²) in [6.07, 6.45) is 6.45. The Balaban J connectivity index is 1.34. The first kappa shape index (κ1) is 12.1. The summed E-state index contributed by atoms with van der Waals surface area (Å²) in [5.41, 5.74) is 0. The molecule has 4 heteroatoms. The Morgan fingerprint density at radius 1 is 1.12 bits per heavy atom. The monoisotopic (exact) mass is 276 g/mol. The molecule has 0 aromatic heterocycles. The third kappa shape index (κ3) is 4.04. The van der Waals surface area contributed by atoms with Crippen molar-refractivity contribution >= 4 is 35.3 Å². The average molecular weight is 276 g/mol. The molecule has 4 atom stereocenters. The summed E-state index contributed by atoms with van der Waals surface area (Å²) in [6, 6.07) is 0. The molecule has 1 aliphatic carbocycles. The predicted molar refractivity (Wildman–Crippen MR) is 76.9 cm³/mol. The van der Waals surface area contributed by atoms with Crippen LogP contribution in [0.3, 0.4) is 0 Å². The largest absolute Gasteiger partial charge is 0.372 e. The van der Waals surface area contributed by atoms with Crippen LogP contribution in [0, 0.1) is 0 Å². The van der Waals surface area contributed by atoms with Gasteiger partial charge >= 0.3 is 0 Å². The van der Waals surface area contributed by atoms with Gasteiger partial charge in [0.15, 0.2) is 0 Å². The van der Waals surface area contributed by atoms with Crippen molar-refractivity contribution in [2.45, 2.75) is 47.5 Å². The van der Waals surface area contributed by atoms with Gasteiger partial charge in [-0.1, -0.05) is 6.42 Å². The second-order valence-corrected chi connectivity index (χ2v) is 8.99. The van der Waals surface area contributed by atoms with Crippen molar-refractivity contribution in [3.63, 3.8) is 0 Å². The van der Waals surface area contributed by atoms with Crippen molar-refractivity contribution in [3.05, 3.63) is 0 Å². The van der Waals surface area contributed by atoms with E-state index in [4.69, 9.17) is 4.74 Å². The van der Waals surface area contributed by atoms with Gasteiger partial charge in [-0.05, 0) is 19.3 Å². The van der Waals surface area contributed by atoms with Gasteiger partial charge < -0.3 is 4.74 Å². The van der Waals surface area contributed by atoms with Gasteiger partial charge in [-0.15, -0.1) is 0 Å². The molecule has 3 aliphatic rings. The molecule has 0 aromatic carbocycles. The third-order valence-electron chi connectivity index (χ3n) is 3.42. The number of rotatable bonds is 6. The van der Waals surface area contributed by atoms with E-state index in [1.165, 1.54) is 42.9 Å². The molecule has 2 saturated heterocycles. The summed E-state index contributed by atoms with van der Waals surface area (Å²) in [5.74, 6) is 4.09. The zero-order valence-corrected chi connectivity index (χ0v) is 12.0. The van der Waals surface area contributed by atoms with Crippen LogP contribution in [0.15, 0.2) is 0 Å². The Hall–Kier alpha value is 1.01. The van der Waals surface area contributed by atoms with Crippen LogP contribution < -0.4 is 0 Å². The third-order valence-corrected chi connectivity index (χ3v) is 7.56. The van der Waals surface area contributed by atoms with Gasteiger partial charge in [0.2, 0.25) is 0 Å². The molecule has 0 amide bonds. The van der Waals surface area contributed by atoms with Crippen molar-refractivity contribution in [1.82, 2.24) is 0 Å². The maximum absolute atomic E-state index is 5.28. The van der Waals surface area contributed by atoms with E-state index in [9.17, 15) is 0 Å². The second-order valence-electron chi connectivity index (χ2n) is 4.99. The molecular formula is C12H20OS3. The Morgan fingerprint density at radius 3 is 2.44 bits per heavy atom. The van der Waals surface area contributed by atoms with Crippen molar-refractivity contribution < 1.29 is 4.74 Å². The van der Waals surface area contributed by atoms with Gasteiger partial charge in [0, 0.05) is 33.0 Å². The van der Waals surface area contributed by atoms with E-state index in [1.807, 2.05) is 0 Å². The highest BCUT2D eigenvalue weighted by Crippen LogP contribution is 2.39. The average Bonchev–Trinajstić information content (AvgIpc) is 3.17. The normalized spacial score (nSPS) is 42.0. The fourth-order valence-electron chi connectivity index (χ4n) is 2.22. The zero-order chi connectivity index (χ0) is 10.8. The summed E-state index contributed by atoms with van der Waals surface area (Å²) in [7, 11) is 0.